The van der Waals surface area contributed by atoms with Crippen LogP contribution in [0.3, 0.4) is 0 Å². The Balaban J connectivity index is 1.93. The Labute approximate surface area is 134 Å². The zero-order chi connectivity index (χ0) is 15.1. The molecule has 1 aliphatic rings. The maximum absolute atomic E-state index is 4.95. The van der Waals surface area contributed by atoms with E-state index in [1.165, 1.54) is 22.4 Å². The summed E-state index contributed by atoms with van der Waals surface area (Å²) in [6.45, 7) is 5.46. The minimum Gasteiger partial charge on any atom is -0.369 e. The van der Waals surface area contributed by atoms with Gasteiger partial charge in [0.05, 0.1) is 11.4 Å². The Kier molecular flexibility index (Phi) is 3.26. The molecule has 22 heavy (non-hydrogen) atoms. The first-order valence-corrected chi connectivity index (χ1v) is 8.67. The fourth-order valence-electron chi connectivity index (χ4n) is 3.15. The normalized spacial score (nSPS) is 13.4. The van der Waals surface area contributed by atoms with Crippen molar-refractivity contribution < 1.29 is 0 Å². The standard InChI is InChI=1S/C18H19N3S/c1-12(2)14-5-3-4-6-16(14)21-18-15(7-9-19-18)17(20-21)13-8-10-22-11-13/h3-6,8,10-12,19H,7,9H2,1-2H3. The van der Waals surface area contributed by atoms with Gasteiger partial charge in [0.1, 0.15) is 5.82 Å². The minimum absolute atomic E-state index is 0.474. The summed E-state index contributed by atoms with van der Waals surface area (Å²) in [4.78, 5) is 0. The summed E-state index contributed by atoms with van der Waals surface area (Å²) in [5.74, 6) is 1.64. The first kappa shape index (κ1) is 13.6. The second kappa shape index (κ2) is 5.29. The van der Waals surface area contributed by atoms with Crippen LogP contribution in [0, 0.1) is 0 Å². The van der Waals surface area contributed by atoms with Crippen LogP contribution in [0.2, 0.25) is 0 Å². The highest BCUT2D eigenvalue weighted by Crippen LogP contribution is 2.36. The molecule has 0 amide bonds. The van der Waals surface area contributed by atoms with Gasteiger partial charge in [0.25, 0.3) is 0 Å². The maximum Gasteiger partial charge on any atom is 0.133 e. The third-order valence-corrected chi connectivity index (χ3v) is 4.92. The van der Waals surface area contributed by atoms with Crippen LogP contribution in [0.15, 0.2) is 41.1 Å². The van der Waals surface area contributed by atoms with Crippen molar-refractivity contribution in [2.24, 2.45) is 0 Å². The van der Waals surface area contributed by atoms with Crippen LogP contribution in [0.1, 0.15) is 30.9 Å². The molecule has 0 spiro atoms. The van der Waals surface area contributed by atoms with Crippen molar-refractivity contribution in [2.75, 3.05) is 11.9 Å². The molecule has 3 aromatic rings. The number of nitrogens with zero attached hydrogens (tertiary/aromatic N) is 2. The Morgan fingerprint density at radius 2 is 2.09 bits per heavy atom. The van der Waals surface area contributed by atoms with E-state index >= 15 is 0 Å². The van der Waals surface area contributed by atoms with Gasteiger partial charge in [-0.25, -0.2) is 4.68 Å². The van der Waals surface area contributed by atoms with Gasteiger partial charge in [-0.15, -0.1) is 0 Å². The van der Waals surface area contributed by atoms with Crippen LogP contribution in [-0.4, -0.2) is 16.3 Å². The molecule has 1 aromatic carbocycles. The molecule has 0 fully saturated rings. The fraction of sp³-hybridized carbons (Fsp3) is 0.278. The Morgan fingerprint density at radius 1 is 1.23 bits per heavy atom. The van der Waals surface area contributed by atoms with Crippen molar-refractivity contribution in [1.29, 1.82) is 0 Å². The van der Waals surface area contributed by atoms with Gasteiger partial charge in [-0.3, -0.25) is 0 Å². The lowest BCUT2D eigenvalue weighted by molar-refractivity contribution is 0.812. The summed E-state index contributed by atoms with van der Waals surface area (Å²) in [5.41, 5.74) is 6.21. The lowest BCUT2D eigenvalue weighted by atomic mass is 10.0. The average molecular weight is 309 g/mol. The van der Waals surface area contributed by atoms with E-state index in [0.717, 1.165) is 24.5 Å². The number of para-hydroxylation sites is 1. The summed E-state index contributed by atoms with van der Waals surface area (Å²) in [5, 5.41) is 12.8. The van der Waals surface area contributed by atoms with E-state index in [4.69, 9.17) is 5.10 Å². The van der Waals surface area contributed by atoms with Crippen LogP contribution < -0.4 is 5.32 Å². The minimum atomic E-state index is 0.474. The number of fused-ring (bicyclic) bond motifs is 1. The molecule has 0 bridgehead atoms. The van der Waals surface area contributed by atoms with E-state index in [0.29, 0.717) is 5.92 Å². The molecule has 0 saturated carbocycles. The van der Waals surface area contributed by atoms with Crippen LogP contribution in [-0.2, 0) is 6.42 Å². The maximum atomic E-state index is 4.95. The Morgan fingerprint density at radius 3 is 2.86 bits per heavy atom. The van der Waals surface area contributed by atoms with Crippen LogP contribution >= 0.6 is 11.3 Å². The topological polar surface area (TPSA) is 29.9 Å². The SMILES string of the molecule is CC(C)c1ccccc1-n1nc(-c2ccsc2)c2c1NCC2. The van der Waals surface area contributed by atoms with E-state index < -0.39 is 0 Å². The molecular formula is C18H19N3S. The third-order valence-electron chi connectivity index (χ3n) is 4.23. The van der Waals surface area contributed by atoms with Crippen molar-refractivity contribution >= 4 is 17.2 Å². The molecule has 4 heteroatoms. The molecule has 0 saturated heterocycles. The van der Waals surface area contributed by atoms with Crippen molar-refractivity contribution in [2.45, 2.75) is 26.2 Å². The lowest BCUT2D eigenvalue weighted by Crippen LogP contribution is -2.07. The van der Waals surface area contributed by atoms with E-state index in [1.54, 1.807) is 11.3 Å². The van der Waals surface area contributed by atoms with Crippen molar-refractivity contribution in [1.82, 2.24) is 9.78 Å². The molecule has 0 radical (unpaired) electrons. The lowest BCUT2D eigenvalue weighted by Gasteiger charge is -2.14. The number of anilines is 1. The molecular weight excluding hydrogens is 290 g/mol. The number of hydrogen-bond donors (Lipinski definition) is 1. The predicted octanol–water partition coefficient (Wildman–Crippen LogP) is 4.69. The average Bonchev–Trinajstić information content (AvgIpc) is 3.24. The zero-order valence-electron chi connectivity index (χ0n) is 12.8. The van der Waals surface area contributed by atoms with Gasteiger partial charge < -0.3 is 5.32 Å². The summed E-state index contributed by atoms with van der Waals surface area (Å²) >= 11 is 1.72. The molecule has 112 valence electrons. The number of nitrogens with one attached hydrogen (secondary N) is 1. The van der Waals surface area contributed by atoms with Crippen molar-refractivity contribution in [3.63, 3.8) is 0 Å². The first-order valence-electron chi connectivity index (χ1n) is 7.73. The highest BCUT2D eigenvalue weighted by Gasteiger charge is 2.25. The van der Waals surface area contributed by atoms with Crippen LogP contribution in [0.25, 0.3) is 16.9 Å². The number of hydrogen-bond acceptors (Lipinski definition) is 3. The highest BCUT2D eigenvalue weighted by atomic mass is 32.1. The molecule has 1 aliphatic heterocycles. The first-order chi connectivity index (χ1) is 10.8. The number of aromatic nitrogens is 2. The van der Waals surface area contributed by atoms with E-state index in [-0.39, 0.29) is 0 Å². The van der Waals surface area contributed by atoms with Gasteiger partial charge in [-0.2, -0.15) is 16.4 Å². The molecule has 0 aliphatic carbocycles. The number of benzene rings is 1. The van der Waals surface area contributed by atoms with Crippen LogP contribution in [0.5, 0.6) is 0 Å². The molecule has 3 nitrogen and oxygen atoms in total. The number of rotatable bonds is 3. The fourth-order valence-corrected chi connectivity index (χ4v) is 3.79. The monoisotopic (exact) mass is 309 g/mol. The smallest absolute Gasteiger partial charge is 0.133 e. The quantitative estimate of drug-likeness (QED) is 0.760. The summed E-state index contributed by atoms with van der Waals surface area (Å²) in [6.07, 6.45) is 1.05. The molecule has 2 aromatic heterocycles. The van der Waals surface area contributed by atoms with Gasteiger partial charge in [0, 0.05) is 23.1 Å². The molecule has 0 atom stereocenters. The predicted molar refractivity (Wildman–Crippen MR) is 93.2 cm³/mol. The van der Waals surface area contributed by atoms with E-state index in [1.807, 2.05) is 0 Å². The van der Waals surface area contributed by atoms with Gasteiger partial charge >= 0.3 is 0 Å². The molecule has 4 rings (SSSR count). The van der Waals surface area contributed by atoms with Gasteiger partial charge in [0.15, 0.2) is 0 Å². The zero-order valence-corrected chi connectivity index (χ0v) is 13.7. The highest BCUT2D eigenvalue weighted by molar-refractivity contribution is 7.08. The number of thiophene rings is 1. The van der Waals surface area contributed by atoms with E-state index in [9.17, 15) is 0 Å². The van der Waals surface area contributed by atoms with Gasteiger partial charge in [-0.1, -0.05) is 32.0 Å². The third kappa shape index (κ3) is 2.06. The molecule has 0 unspecified atom stereocenters. The van der Waals surface area contributed by atoms with Crippen molar-refractivity contribution in [3.05, 3.63) is 52.2 Å². The summed E-state index contributed by atoms with van der Waals surface area (Å²) < 4.78 is 2.10. The largest absolute Gasteiger partial charge is 0.369 e. The van der Waals surface area contributed by atoms with Crippen LogP contribution in [0.4, 0.5) is 5.82 Å². The molecule has 1 N–H and O–H groups in total. The Bertz CT molecular complexity index is 800. The summed E-state index contributed by atoms with van der Waals surface area (Å²) in [6, 6.07) is 10.7. The molecule has 3 heterocycles. The second-order valence-corrected chi connectivity index (χ2v) is 6.77. The van der Waals surface area contributed by atoms with Gasteiger partial charge in [-0.05, 0) is 35.4 Å². The summed E-state index contributed by atoms with van der Waals surface area (Å²) in [7, 11) is 0. The van der Waals surface area contributed by atoms with Crippen molar-refractivity contribution in [3.8, 4) is 16.9 Å². The second-order valence-electron chi connectivity index (χ2n) is 5.99. The van der Waals surface area contributed by atoms with Gasteiger partial charge in [0.2, 0.25) is 0 Å². The Hall–Kier alpha value is -2.07. The van der Waals surface area contributed by atoms with E-state index in [2.05, 4.69) is 64.9 Å².